The normalized spacial score (nSPS) is 10.1. The van der Waals surface area contributed by atoms with Gasteiger partial charge in [0.2, 0.25) is 0 Å². The molecule has 0 bridgehead atoms. The van der Waals surface area contributed by atoms with Crippen molar-refractivity contribution in [2.45, 2.75) is 132 Å². The zero-order chi connectivity index (χ0) is 41.4. The molecule has 6 nitrogen and oxygen atoms in total. The van der Waals surface area contributed by atoms with E-state index in [-0.39, 0.29) is 29.9 Å². The van der Waals surface area contributed by atoms with E-state index in [1.165, 1.54) is 87.4 Å². The number of benzene rings is 2. The van der Waals surface area contributed by atoms with Crippen molar-refractivity contribution in [3.63, 3.8) is 0 Å². The molecule has 322 valence electrons. The molecule has 1 aromatic heterocycles. The van der Waals surface area contributed by atoms with Crippen LogP contribution in [0.3, 0.4) is 0 Å². The number of hydrogen-bond acceptors (Lipinski definition) is 5. The fourth-order valence-electron chi connectivity index (χ4n) is 4.87. The van der Waals surface area contributed by atoms with Gasteiger partial charge in [-0.05, 0) is 62.7 Å². The van der Waals surface area contributed by atoms with E-state index in [1.54, 1.807) is 26.1 Å². The molecule has 0 amide bonds. The van der Waals surface area contributed by atoms with Crippen LogP contribution in [0.4, 0.5) is 0 Å². The smallest absolute Gasteiger partial charge is 0.806 e. The van der Waals surface area contributed by atoms with Crippen molar-refractivity contribution in [1.82, 2.24) is 4.98 Å². The third kappa shape index (κ3) is 36.1. The van der Waals surface area contributed by atoms with Gasteiger partial charge in [0.25, 0.3) is 9.04 Å². The minimum atomic E-state index is -1.20. The number of nitrogens with zero attached hydrogens (tertiary/aromatic N) is 3. The minimum absolute atomic E-state index is 0. The summed E-state index contributed by atoms with van der Waals surface area (Å²) in [6.45, 7) is 25.8. The van der Waals surface area contributed by atoms with E-state index in [1.807, 2.05) is 57.7 Å². The summed E-state index contributed by atoms with van der Waals surface area (Å²) in [5.74, 6) is 0. The molecule has 0 aliphatic heterocycles. The van der Waals surface area contributed by atoms with Gasteiger partial charge in [-0.15, -0.1) is 13.2 Å². The first-order chi connectivity index (χ1) is 26.7. The van der Waals surface area contributed by atoms with Crippen LogP contribution in [0.25, 0.3) is 5.41 Å². The van der Waals surface area contributed by atoms with Crippen molar-refractivity contribution in [3.05, 3.63) is 128 Å². The van der Waals surface area contributed by atoms with Gasteiger partial charge in [0.05, 0.1) is 18.0 Å². The van der Waals surface area contributed by atoms with Gasteiger partial charge < -0.3 is 26.1 Å². The van der Waals surface area contributed by atoms with Gasteiger partial charge >= 0.3 is 26.1 Å². The van der Waals surface area contributed by atoms with E-state index in [0.717, 1.165) is 24.6 Å². The van der Waals surface area contributed by atoms with Gasteiger partial charge in [0.1, 0.15) is 0 Å². The Morgan fingerprint density at radius 1 is 0.684 bits per heavy atom. The molecule has 0 saturated carbocycles. The quantitative estimate of drug-likeness (QED) is 0.0331. The molecule has 1 heterocycles. The zero-order valence-corrected chi connectivity index (χ0v) is 40.9. The average Bonchev–Trinajstić information content (AvgIpc) is 3.21. The SMILES string of the molecule is C=CCCCCCC.C=CCO[Si](c1ccccc1)c1ccccc1.CCCCCCCCC.CCO[SiH](C)OCC.CN=C(C)c1cccc(C(C)=[N-])n1.[CH3-].[Co+2]. The summed E-state index contributed by atoms with van der Waals surface area (Å²) < 4.78 is 16.3. The molecule has 0 aliphatic rings. The number of aliphatic imine (C=N–C) groups is 1. The van der Waals surface area contributed by atoms with Crippen LogP contribution in [0.5, 0.6) is 0 Å². The first-order valence-electron chi connectivity index (χ1n) is 20.7. The summed E-state index contributed by atoms with van der Waals surface area (Å²) in [6.07, 6.45) is 20.4. The molecule has 0 atom stereocenters. The van der Waals surface area contributed by atoms with Crippen LogP contribution in [-0.4, -0.2) is 61.6 Å². The molecular formula is C48H80CoN3O3Si2. The fourth-order valence-corrected chi connectivity index (χ4v) is 7.85. The molecule has 3 rings (SSSR count). The maximum atomic E-state index is 9.22. The van der Waals surface area contributed by atoms with Crippen LogP contribution < -0.4 is 10.4 Å². The van der Waals surface area contributed by atoms with Crippen molar-refractivity contribution >= 4 is 40.1 Å². The Morgan fingerprint density at radius 2 is 1.12 bits per heavy atom. The van der Waals surface area contributed by atoms with E-state index < -0.39 is 18.3 Å². The Bertz CT molecular complexity index is 1300. The number of hydrogen-bond donors (Lipinski definition) is 0. The van der Waals surface area contributed by atoms with Gasteiger partial charge in [-0.2, -0.15) is 5.71 Å². The molecule has 0 fully saturated rings. The van der Waals surface area contributed by atoms with Crippen LogP contribution in [0.15, 0.2) is 109 Å². The molecule has 2 radical (unpaired) electrons. The Hall–Kier alpha value is -2.77. The van der Waals surface area contributed by atoms with E-state index in [0.29, 0.717) is 12.3 Å². The van der Waals surface area contributed by atoms with E-state index in [2.05, 4.69) is 92.4 Å². The predicted octanol–water partition coefficient (Wildman–Crippen LogP) is 12.2. The molecule has 9 heteroatoms. The molecule has 3 aromatic rings. The summed E-state index contributed by atoms with van der Waals surface area (Å²) in [5, 5.41) is 11.8. The molecular weight excluding hydrogens is 782 g/mol. The first-order valence-corrected chi connectivity index (χ1v) is 24.2. The number of pyridine rings is 1. The number of unbranched alkanes of at least 4 members (excludes halogenated alkanes) is 10. The number of aromatic nitrogens is 1. The number of allylic oxidation sites excluding steroid dienone is 1. The second-order valence-corrected chi connectivity index (χ2v) is 16.8. The Labute approximate surface area is 365 Å². The predicted molar refractivity (Wildman–Crippen MR) is 255 cm³/mol. The summed E-state index contributed by atoms with van der Waals surface area (Å²) in [4.78, 5) is 8.25. The van der Waals surface area contributed by atoms with E-state index in [4.69, 9.17) is 13.3 Å². The molecule has 0 N–H and O–H groups in total. The first kappa shape index (κ1) is 60.9. The largest absolute Gasteiger partial charge is 2.00 e. The van der Waals surface area contributed by atoms with Gasteiger partial charge in [-0.25, -0.2) is 4.98 Å². The second kappa shape index (κ2) is 45.9. The van der Waals surface area contributed by atoms with E-state index >= 15 is 0 Å². The molecule has 0 saturated heterocycles. The topological polar surface area (TPSA) is 75.2 Å². The summed E-state index contributed by atoms with van der Waals surface area (Å²) in [6, 6.07) is 26.3. The van der Waals surface area contributed by atoms with Crippen molar-refractivity contribution in [2.75, 3.05) is 26.9 Å². The third-order valence-electron chi connectivity index (χ3n) is 8.02. The standard InChI is InChI=1S/C15H15OSi.C10H12N3.C9H20.C8H16.C5H14O2Si.CH3.Co/c1-2-13-16-17(14-9-5-3-6-10-14)15-11-7-4-8-12-15;1-7(11)9-5-4-6-10(13-9)8(2)12-3;1-3-5-7-9-8-6-4-2;1-3-5-7-8-6-4-2;1-4-6-8(3)7-5-2;;/h2-12H,1,13H2;4-6H,1-3H3;3-9H2,1-2H3;3H,1,4-8H2,2H3;8H,4-5H2,1-3H3;1H3;/q;-1;;;;-1;+2. The van der Waals surface area contributed by atoms with Crippen LogP contribution in [0, 0.1) is 7.43 Å². The van der Waals surface area contributed by atoms with E-state index in [9.17, 15) is 5.41 Å². The van der Waals surface area contributed by atoms with Gasteiger partial charge in [-0.1, -0.05) is 171 Å². The van der Waals surface area contributed by atoms with Crippen molar-refractivity contribution in [3.8, 4) is 0 Å². The van der Waals surface area contributed by atoms with Crippen molar-refractivity contribution in [2.24, 2.45) is 4.99 Å². The molecule has 0 aliphatic carbocycles. The third-order valence-corrected chi connectivity index (χ3v) is 11.8. The molecule has 0 unspecified atom stereocenters. The summed E-state index contributed by atoms with van der Waals surface area (Å²) in [5.41, 5.74) is 2.49. The van der Waals surface area contributed by atoms with Gasteiger partial charge in [0, 0.05) is 26.0 Å². The van der Waals surface area contributed by atoms with Gasteiger partial charge in [0.15, 0.2) is 0 Å². The Morgan fingerprint density at radius 3 is 1.51 bits per heavy atom. The second-order valence-electron chi connectivity index (χ2n) is 12.8. The molecule has 0 spiro atoms. The molecule has 57 heavy (non-hydrogen) atoms. The van der Waals surface area contributed by atoms with Crippen LogP contribution in [0.2, 0.25) is 6.55 Å². The summed E-state index contributed by atoms with van der Waals surface area (Å²) >= 11 is 0. The van der Waals surface area contributed by atoms with Crippen LogP contribution in [0.1, 0.15) is 137 Å². The maximum absolute atomic E-state index is 9.22. The molecule has 2 aromatic carbocycles. The van der Waals surface area contributed by atoms with Gasteiger partial charge in [-0.3, -0.25) is 4.99 Å². The Kier molecular flexibility index (Phi) is 49.1. The van der Waals surface area contributed by atoms with Crippen LogP contribution in [-0.2, 0) is 30.1 Å². The minimum Gasteiger partial charge on any atom is -0.806 e. The summed E-state index contributed by atoms with van der Waals surface area (Å²) in [7, 11) is -0.614. The van der Waals surface area contributed by atoms with Crippen molar-refractivity contribution < 1.29 is 30.1 Å². The van der Waals surface area contributed by atoms with Crippen LogP contribution >= 0.6 is 0 Å². The monoisotopic (exact) mass is 862 g/mol. The zero-order valence-electron chi connectivity index (χ0n) is 37.7. The Balaban J connectivity index is -0.000000317. The fraction of sp³-hybridized carbons (Fsp3) is 0.500. The van der Waals surface area contributed by atoms with Crippen molar-refractivity contribution in [1.29, 1.82) is 0 Å². The maximum Gasteiger partial charge on any atom is 2.00 e. The average molecular weight is 862 g/mol. The number of rotatable bonds is 22.